The van der Waals surface area contributed by atoms with Crippen LogP contribution in [0.5, 0.6) is 0 Å². The molecule has 174 valence electrons. The molecule has 0 aromatic carbocycles. The van der Waals surface area contributed by atoms with Crippen LogP contribution in [0.4, 0.5) is 22.0 Å². The zero-order chi connectivity index (χ0) is 24.1. The zero-order valence-corrected chi connectivity index (χ0v) is 17.3. The molecule has 0 spiro atoms. The summed E-state index contributed by atoms with van der Waals surface area (Å²) >= 11 is 0. The minimum absolute atomic E-state index is 0.0374. The number of fused-ring (bicyclic) bond motifs is 2. The van der Waals surface area contributed by atoms with E-state index in [0.717, 1.165) is 29.1 Å². The first-order valence-electron chi connectivity index (χ1n) is 9.59. The van der Waals surface area contributed by atoms with Gasteiger partial charge in [0.1, 0.15) is 23.7 Å². The molecular weight excluding hydrogens is 451 g/mol. The molecule has 4 rings (SSSR count). The summed E-state index contributed by atoms with van der Waals surface area (Å²) in [6.07, 6.45) is -1.40. The topological polar surface area (TPSA) is 97.3 Å². The highest BCUT2D eigenvalue weighted by Gasteiger charge is 2.31. The van der Waals surface area contributed by atoms with Gasteiger partial charge in [0, 0.05) is 30.4 Å². The monoisotopic (exact) mass is 468 g/mol. The van der Waals surface area contributed by atoms with Crippen LogP contribution in [0.3, 0.4) is 0 Å². The van der Waals surface area contributed by atoms with Crippen molar-refractivity contribution in [2.24, 2.45) is 0 Å². The van der Waals surface area contributed by atoms with Gasteiger partial charge in [-0.2, -0.15) is 18.3 Å². The van der Waals surface area contributed by atoms with Crippen LogP contribution in [0.2, 0.25) is 0 Å². The highest BCUT2D eigenvalue weighted by atomic mass is 19.4. The summed E-state index contributed by atoms with van der Waals surface area (Å²) < 4.78 is 69.1. The number of nitrogens with one attached hydrogen (secondary N) is 1. The van der Waals surface area contributed by atoms with Gasteiger partial charge in [-0.1, -0.05) is 0 Å². The number of aromatic nitrogens is 5. The van der Waals surface area contributed by atoms with Gasteiger partial charge in [-0.15, -0.1) is 0 Å². The fourth-order valence-corrected chi connectivity index (χ4v) is 3.25. The number of hydrogen-bond acceptors (Lipinski definition) is 5. The predicted molar refractivity (Wildman–Crippen MR) is 106 cm³/mol. The Balaban J connectivity index is 1.86. The number of rotatable bonds is 5. The number of amides is 1. The highest BCUT2D eigenvalue weighted by Crippen LogP contribution is 2.31. The Bertz CT molecular complexity index is 1370. The van der Waals surface area contributed by atoms with Crippen molar-refractivity contribution in [3.8, 4) is 11.4 Å². The molecule has 0 radical (unpaired) electrons. The Labute approximate surface area is 182 Å². The molecule has 0 aliphatic heterocycles. The maximum Gasteiger partial charge on any atom is 0.408 e. The Kier molecular flexibility index (Phi) is 5.31. The number of carbonyl (C=O) groups is 1. The van der Waals surface area contributed by atoms with E-state index in [1.807, 2.05) is 0 Å². The van der Waals surface area contributed by atoms with E-state index < -0.39 is 35.9 Å². The molecule has 0 saturated carbocycles. The standard InChI is InChI=1S/C20H17F5N6O2/c1-19(2,33)8-28-18(32)13-4-14-11(5-26-13)16(29-31(14)9-20(23,24)25)15-6-27-17-12(22)3-10(21)7-30(15)17/h3-7,33H,8-9H2,1-2H3,(H,28,32). The van der Waals surface area contributed by atoms with Crippen LogP contribution in [-0.4, -0.2) is 53.5 Å². The molecule has 0 fully saturated rings. The molecule has 4 aromatic rings. The normalized spacial score (nSPS) is 12.6. The van der Waals surface area contributed by atoms with Crippen molar-refractivity contribution in [3.63, 3.8) is 0 Å². The molecule has 0 aliphatic carbocycles. The molecule has 8 nitrogen and oxygen atoms in total. The fraction of sp³-hybridized carbons (Fsp3) is 0.300. The van der Waals surface area contributed by atoms with Gasteiger partial charge < -0.3 is 10.4 Å². The van der Waals surface area contributed by atoms with Crippen molar-refractivity contribution in [1.82, 2.24) is 29.5 Å². The Morgan fingerprint density at radius 1 is 1.15 bits per heavy atom. The molecule has 0 bridgehead atoms. The second-order valence-electron chi connectivity index (χ2n) is 8.05. The number of pyridine rings is 2. The van der Waals surface area contributed by atoms with Crippen LogP contribution in [0.25, 0.3) is 27.9 Å². The number of alkyl halides is 3. The van der Waals surface area contributed by atoms with Gasteiger partial charge in [-0.25, -0.2) is 13.8 Å². The largest absolute Gasteiger partial charge is 0.408 e. The maximum absolute atomic E-state index is 14.0. The van der Waals surface area contributed by atoms with Crippen molar-refractivity contribution < 1.29 is 31.9 Å². The van der Waals surface area contributed by atoms with E-state index in [4.69, 9.17) is 0 Å². The summed E-state index contributed by atoms with van der Waals surface area (Å²) in [5.41, 5.74) is -1.73. The van der Waals surface area contributed by atoms with Crippen LogP contribution in [-0.2, 0) is 6.54 Å². The second kappa shape index (κ2) is 7.76. The number of aliphatic hydroxyl groups is 1. The zero-order valence-electron chi connectivity index (χ0n) is 17.3. The third-order valence-electron chi connectivity index (χ3n) is 4.65. The summed E-state index contributed by atoms with van der Waals surface area (Å²) in [6.45, 7) is 1.35. The average Bonchev–Trinajstić information content (AvgIpc) is 3.25. The summed E-state index contributed by atoms with van der Waals surface area (Å²) in [7, 11) is 0. The summed E-state index contributed by atoms with van der Waals surface area (Å²) in [6, 6.07) is 1.76. The van der Waals surface area contributed by atoms with Gasteiger partial charge in [-0.3, -0.25) is 18.9 Å². The van der Waals surface area contributed by atoms with Crippen molar-refractivity contribution in [3.05, 3.63) is 48.1 Å². The minimum Gasteiger partial charge on any atom is -0.389 e. The van der Waals surface area contributed by atoms with Crippen molar-refractivity contribution in [2.45, 2.75) is 32.2 Å². The fourth-order valence-electron chi connectivity index (χ4n) is 3.25. The SMILES string of the molecule is CC(C)(O)CNC(=O)c1cc2c(cn1)c(-c1cnc3c(F)cc(F)cn13)nn2CC(F)(F)F. The van der Waals surface area contributed by atoms with Gasteiger partial charge in [0.15, 0.2) is 11.5 Å². The first kappa shape index (κ1) is 22.6. The van der Waals surface area contributed by atoms with E-state index in [1.165, 1.54) is 13.8 Å². The van der Waals surface area contributed by atoms with Gasteiger partial charge in [0.2, 0.25) is 0 Å². The van der Waals surface area contributed by atoms with E-state index in [1.54, 1.807) is 0 Å². The third-order valence-corrected chi connectivity index (χ3v) is 4.65. The smallest absolute Gasteiger partial charge is 0.389 e. The lowest BCUT2D eigenvalue weighted by molar-refractivity contribution is -0.141. The Morgan fingerprint density at radius 2 is 1.88 bits per heavy atom. The number of imidazole rings is 1. The van der Waals surface area contributed by atoms with Crippen molar-refractivity contribution in [2.75, 3.05) is 6.54 Å². The van der Waals surface area contributed by atoms with E-state index in [0.29, 0.717) is 10.7 Å². The van der Waals surface area contributed by atoms with Crippen molar-refractivity contribution >= 4 is 22.5 Å². The summed E-state index contributed by atoms with van der Waals surface area (Å²) in [5, 5.41) is 16.3. The minimum atomic E-state index is -4.64. The molecule has 33 heavy (non-hydrogen) atoms. The average molecular weight is 468 g/mol. The third kappa shape index (κ3) is 4.62. The van der Waals surface area contributed by atoms with Crippen molar-refractivity contribution in [1.29, 1.82) is 0 Å². The molecule has 2 N–H and O–H groups in total. The molecule has 1 amide bonds. The van der Waals surface area contributed by atoms with Crippen LogP contribution < -0.4 is 5.32 Å². The molecule has 0 saturated heterocycles. The Morgan fingerprint density at radius 3 is 2.55 bits per heavy atom. The maximum atomic E-state index is 14.0. The molecular formula is C20H17F5N6O2. The van der Waals surface area contributed by atoms with Crippen LogP contribution in [0, 0.1) is 11.6 Å². The second-order valence-corrected chi connectivity index (χ2v) is 8.05. The van der Waals surface area contributed by atoms with Gasteiger partial charge in [0.05, 0.1) is 23.0 Å². The van der Waals surface area contributed by atoms with Crippen LogP contribution in [0.15, 0.2) is 30.7 Å². The summed E-state index contributed by atoms with van der Waals surface area (Å²) in [4.78, 5) is 20.2. The molecule has 0 aliphatic rings. The van der Waals surface area contributed by atoms with Crippen LogP contribution >= 0.6 is 0 Å². The molecule has 13 heteroatoms. The lowest BCUT2D eigenvalue weighted by atomic mass is 10.1. The number of hydrogen-bond donors (Lipinski definition) is 2. The molecule has 0 unspecified atom stereocenters. The van der Waals surface area contributed by atoms with E-state index in [9.17, 15) is 31.9 Å². The first-order chi connectivity index (χ1) is 15.3. The quantitative estimate of drug-likeness (QED) is 0.439. The van der Waals surface area contributed by atoms with E-state index in [-0.39, 0.29) is 40.2 Å². The van der Waals surface area contributed by atoms with Gasteiger partial charge in [-0.05, 0) is 19.9 Å². The number of nitrogens with zero attached hydrogens (tertiary/aromatic N) is 5. The van der Waals surface area contributed by atoms with Gasteiger partial charge >= 0.3 is 6.18 Å². The molecule has 4 heterocycles. The first-order valence-corrected chi connectivity index (χ1v) is 9.59. The highest BCUT2D eigenvalue weighted by molar-refractivity contribution is 5.99. The lowest BCUT2D eigenvalue weighted by Gasteiger charge is -2.17. The molecule has 0 atom stereocenters. The number of halogens is 5. The summed E-state index contributed by atoms with van der Waals surface area (Å²) in [5.74, 6) is -2.58. The van der Waals surface area contributed by atoms with Gasteiger partial charge in [0.25, 0.3) is 5.91 Å². The molecule has 4 aromatic heterocycles. The van der Waals surface area contributed by atoms with E-state index >= 15 is 0 Å². The number of carbonyl (C=O) groups excluding carboxylic acids is 1. The predicted octanol–water partition coefficient (Wildman–Crippen LogP) is 3.09. The Hall–Kier alpha value is -3.61. The van der Waals surface area contributed by atoms with E-state index in [2.05, 4.69) is 20.4 Å². The lowest BCUT2D eigenvalue weighted by Crippen LogP contribution is -2.38. The van der Waals surface area contributed by atoms with Crippen LogP contribution in [0.1, 0.15) is 24.3 Å².